The number of aromatic nitrogens is 2. The Bertz CT molecular complexity index is 698. The number of nitrogens with one attached hydrogen (secondary N) is 1. The molecule has 23 heavy (non-hydrogen) atoms. The Morgan fingerprint density at radius 1 is 1.26 bits per heavy atom. The van der Waals surface area contributed by atoms with E-state index in [1.54, 1.807) is 6.92 Å². The van der Waals surface area contributed by atoms with Gasteiger partial charge in [-0.15, -0.1) is 10.2 Å². The summed E-state index contributed by atoms with van der Waals surface area (Å²) in [5.41, 5.74) is 0. The van der Waals surface area contributed by atoms with Gasteiger partial charge in [0.1, 0.15) is 5.01 Å². The van der Waals surface area contributed by atoms with E-state index < -0.39 is 0 Å². The maximum Gasteiger partial charge on any atom is 0.233 e. The summed E-state index contributed by atoms with van der Waals surface area (Å²) < 4.78 is 0. The van der Waals surface area contributed by atoms with Crippen molar-refractivity contribution in [3.63, 3.8) is 0 Å². The van der Waals surface area contributed by atoms with Gasteiger partial charge in [-0.2, -0.15) is 0 Å². The highest BCUT2D eigenvalue weighted by molar-refractivity contribution is 7.15. The molecule has 1 aromatic rings. The van der Waals surface area contributed by atoms with Gasteiger partial charge in [0.15, 0.2) is 0 Å². The molecule has 1 aliphatic heterocycles. The number of imide groups is 1. The fourth-order valence-electron chi connectivity index (χ4n) is 3.93. The zero-order chi connectivity index (χ0) is 16.1. The van der Waals surface area contributed by atoms with E-state index in [1.807, 2.05) is 0 Å². The Morgan fingerprint density at radius 3 is 2.48 bits per heavy atom. The first kappa shape index (κ1) is 14.5. The standard InChI is InChI=1S/C15H16N4O3S/c1-7-17-18-15(23-7)16-10(20)4-5-19-13(21)11-8-2-3-9(6-8)12(11)14(19)22/h2-3,8-9,11-12H,4-6H2,1H3,(H,16,18,20). The van der Waals surface area contributed by atoms with Crippen LogP contribution in [0.5, 0.6) is 0 Å². The Labute approximate surface area is 136 Å². The van der Waals surface area contributed by atoms with Crippen LogP contribution in [0.15, 0.2) is 12.2 Å². The minimum absolute atomic E-state index is 0.0817. The molecule has 3 aliphatic rings. The molecule has 1 aromatic heterocycles. The van der Waals surface area contributed by atoms with Crippen LogP contribution in [0.2, 0.25) is 0 Å². The third kappa shape index (κ3) is 2.28. The molecule has 0 aromatic carbocycles. The summed E-state index contributed by atoms with van der Waals surface area (Å²) in [7, 11) is 0. The Morgan fingerprint density at radius 2 is 1.91 bits per heavy atom. The van der Waals surface area contributed by atoms with Gasteiger partial charge in [-0.3, -0.25) is 19.3 Å². The van der Waals surface area contributed by atoms with Crippen LogP contribution in [-0.4, -0.2) is 39.4 Å². The van der Waals surface area contributed by atoms with E-state index in [2.05, 4.69) is 27.7 Å². The number of carbonyl (C=O) groups is 3. The van der Waals surface area contributed by atoms with E-state index in [9.17, 15) is 14.4 Å². The lowest BCUT2D eigenvalue weighted by Gasteiger charge is -2.16. The van der Waals surface area contributed by atoms with Crippen molar-refractivity contribution in [2.45, 2.75) is 19.8 Å². The highest BCUT2D eigenvalue weighted by Gasteiger charge is 2.58. The largest absolute Gasteiger partial charge is 0.300 e. The zero-order valence-electron chi connectivity index (χ0n) is 12.6. The van der Waals surface area contributed by atoms with Crippen LogP contribution in [0.4, 0.5) is 5.13 Å². The quantitative estimate of drug-likeness (QED) is 0.655. The second-order valence-electron chi connectivity index (χ2n) is 6.25. The fourth-order valence-corrected chi connectivity index (χ4v) is 4.53. The lowest BCUT2D eigenvalue weighted by atomic mass is 9.85. The van der Waals surface area contributed by atoms with Crippen molar-refractivity contribution in [1.29, 1.82) is 0 Å². The first-order valence-corrected chi connectivity index (χ1v) is 8.50. The van der Waals surface area contributed by atoms with Crippen LogP contribution in [-0.2, 0) is 14.4 Å². The second kappa shape index (κ2) is 5.23. The molecule has 4 unspecified atom stereocenters. The molecule has 0 spiro atoms. The molecular weight excluding hydrogens is 316 g/mol. The molecule has 3 amide bonds. The molecule has 4 atom stereocenters. The van der Waals surface area contributed by atoms with E-state index in [-0.39, 0.29) is 54.4 Å². The molecular formula is C15H16N4O3S. The Kier molecular flexibility index (Phi) is 3.29. The lowest BCUT2D eigenvalue weighted by molar-refractivity contribution is -0.140. The topological polar surface area (TPSA) is 92.3 Å². The first-order chi connectivity index (χ1) is 11.0. The summed E-state index contributed by atoms with van der Waals surface area (Å²) in [5, 5.41) is 11.5. The van der Waals surface area contributed by atoms with E-state index in [0.717, 1.165) is 11.4 Å². The van der Waals surface area contributed by atoms with E-state index in [1.165, 1.54) is 16.2 Å². The SMILES string of the molecule is Cc1nnc(NC(=O)CCN2C(=O)C3C4C=CC(C4)C3C2=O)s1. The Balaban J connectivity index is 1.37. The van der Waals surface area contributed by atoms with Crippen molar-refractivity contribution in [3.05, 3.63) is 17.2 Å². The van der Waals surface area contributed by atoms with Crippen molar-refractivity contribution in [3.8, 4) is 0 Å². The van der Waals surface area contributed by atoms with Crippen LogP contribution < -0.4 is 5.32 Å². The molecule has 4 rings (SSSR count). The number of anilines is 1. The smallest absolute Gasteiger partial charge is 0.233 e. The molecule has 120 valence electrons. The van der Waals surface area contributed by atoms with Crippen LogP contribution in [0.1, 0.15) is 17.8 Å². The summed E-state index contributed by atoms with van der Waals surface area (Å²) in [5.74, 6) is -0.500. The number of hydrogen-bond acceptors (Lipinski definition) is 6. The molecule has 1 saturated heterocycles. The number of aryl methyl sites for hydroxylation is 1. The number of fused-ring (bicyclic) bond motifs is 5. The van der Waals surface area contributed by atoms with Crippen LogP contribution in [0.25, 0.3) is 0 Å². The first-order valence-electron chi connectivity index (χ1n) is 7.68. The number of rotatable bonds is 4. The lowest BCUT2D eigenvalue weighted by Crippen LogP contribution is -2.35. The molecule has 2 aliphatic carbocycles. The zero-order valence-corrected chi connectivity index (χ0v) is 13.4. The summed E-state index contributed by atoms with van der Waals surface area (Å²) in [6.45, 7) is 1.93. The highest BCUT2D eigenvalue weighted by Crippen LogP contribution is 2.52. The predicted molar refractivity (Wildman–Crippen MR) is 82.3 cm³/mol. The van der Waals surface area contributed by atoms with Crippen molar-refractivity contribution < 1.29 is 14.4 Å². The van der Waals surface area contributed by atoms with E-state index in [0.29, 0.717) is 5.13 Å². The number of amides is 3. The minimum atomic E-state index is -0.264. The number of nitrogens with zero attached hydrogens (tertiary/aromatic N) is 3. The molecule has 1 saturated carbocycles. The molecule has 7 nitrogen and oxygen atoms in total. The monoisotopic (exact) mass is 332 g/mol. The highest BCUT2D eigenvalue weighted by atomic mass is 32.1. The van der Waals surface area contributed by atoms with Gasteiger partial charge >= 0.3 is 0 Å². The van der Waals surface area contributed by atoms with Gasteiger partial charge < -0.3 is 5.32 Å². The molecule has 0 radical (unpaired) electrons. The average molecular weight is 332 g/mol. The summed E-state index contributed by atoms with van der Waals surface area (Å²) in [6.07, 6.45) is 5.12. The normalized spacial score (nSPS) is 31.1. The molecule has 2 bridgehead atoms. The third-order valence-electron chi connectivity index (χ3n) is 4.90. The minimum Gasteiger partial charge on any atom is -0.300 e. The molecule has 8 heteroatoms. The predicted octanol–water partition coefficient (Wildman–Crippen LogP) is 0.982. The van der Waals surface area contributed by atoms with E-state index >= 15 is 0 Å². The summed E-state index contributed by atoms with van der Waals surface area (Å²) in [6, 6.07) is 0. The number of carbonyl (C=O) groups excluding carboxylic acids is 3. The van der Waals surface area contributed by atoms with Gasteiger partial charge in [0.2, 0.25) is 22.9 Å². The van der Waals surface area contributed by atoms with Crippen molar-refractivity contribution in [2.75, 3.05) is 11.9 Å². The molecule has 1 N–H and O–H groups in total. The molecule has 2 fully saturated rings. The third-order valence-corrected chi connectivity index (χ3v) is 5.65. The van der Waals surface area contributed by atoms with Crippen LogP contribution >= 0.6 is 11.3 Å². The van der Waals surface area contributed by atoms with Gasteiger partial charge in [0.05, 0.1) is 11.8 Å². The van der Waals surface area contributed by atoms with Crippen LogP contribution in [0.3, 0.4) is 0 Å². The number of hydrogen-bond donors (Lipinski definition) is 1. The Hall–Kier alpha value is -2.09. The second-order valence-corrected chi connectivity index (χ2v) is 7.43. The average Bonchev–Trinajstić information content (AvgIpc) is 3.25. The van der Waals surface area contributed by atoms with Gasteiger partial charge in [-0.25, -0.2) is 0 Å². The van der Waals surface area contributed by atoms with Gasteiger partial charge in [-0.1, -0.05) is 23.5 Å². The molecule has 2 heterocycles. The maximum atomic E-state index is 12.5. The summed E-state index contributed by atoms with van der Waals surface area (Å²) in [4.78, 5) is 38.2. The van der Waals surface area contributed by atoms with Gasteiger partial charge in [0.25, 0.3) is 0 Å². The fraction of sp³-hybridized carbons (Fsp3) is 0.533. The van der Waals surface area contributed by atoms with Crippen molar-refractivity contribution >= 4 is 34.2 Å². The van der Waals surface area contributed by atoms with Gasteiger partial charge in [0, 0.05) is 13.0 Å². The maximum absolute atomic E-state index is 12.5. The van der Waals surface area contributed by atoms with Gasteiger partial charge in [-0.05, 0) is 25.2 Å². The number of likely N-dealkylation sites (tertiary alicyclic amines) is 1. The van der Waals surface area contributed by atoms with Crippen molar-refractivity contribution in [1.82, 2.24) is 15.1 Å². The van der Waals surface area contributed by atoms with Crippen molar-refractivity contribution in [2.24, 2.45) is 23.7 Å². The summed E-state index contributed by atoms with van der Waals surface area (Å²) >= 11 is 1.29. The van der Waals surface area contributed by atoms with E-state index in [4.69, 9.17) is 0 Å². The van der Waals surface area contributed by atoms with Crippen LogP contribution in [0, 0.1) is 30.6 Å². The number of allylic oxidation sites excluding steroid dienone is 2.